The highest BCUT2D eigenvalue weighted by Gasteiger charge is 2.36. The van der Waals surface area contributed by atoms with Gasteiger partial charge in [0.25, 0.3) is 0 Å². The van der Waals surface area contributed by atoms with Crippen LogP contribution in [0.25, 0.3) is 0 Å². The van der Waals surface area contributed by atoms with Crippen molar-refractivity contribution >= 4 is 6.72 Å². The van der Waals surface area contributed by atoms with Crippen LogP contribution in [0.3, 0.4) is 0 Å². The van der Waals surface area contributed by atoms with E-state index in [0.717, 1.165) is 25.9 Å². The van der Waals surface area contributed by atoms with Crippen molar-refractivity contribution in [1.29, 1.82) is 0 Å². The van der Waals surface area contributed by atoms with Crippen LogP contribution < -0.4 is 0 Å². The average Bonchev–Trinajstić information content (AvgIpc) is 2.48. The summed E-state index contributed by atoms with van der Waals surface area (Å²) in [6.07, 6.45) is 15.4. The highest BCUT2D eigenvalue weighted by molar-refractivity contribution is 5.32. The highest BCUT2D eigenvalue weighted by Crippen LogP contribution is 2.39. The fourth-order valence-corrected chi connectivity index (χ4v) is 3.45. The number of allylic oxidation sites excluding steroid dienone is 4. The van der Waals surface area contributed by atoms with Gasteiger partial charge >= 0.3 is 0 Å². The molecule has 1 saturated heterocycles. The van der Waals surface area contributed by atoms with Gasteiger partial charge in [0.05, 0.1) is 5.60 Å². The molecule has 2 rings (SSSR count). The molecule has 2 heteroatoms. The van der Waals surface area contributed by atoms with Crippen LogP contribution in [0.1, 0.15) is 71.6 Å². The summed E-state index contributed by atoms with van der Waals surface area (Å²) < 4.78 is 6.19. The molecule has 0 bridgehead atoms. The van der Waals surface area contributed by atoms with E-state index >= 15 is 0 Å². The first-order valence-electron chi connectivity index (χ1n) is 8.73. The van der Waals surface area contributed by atoms with Gasteiger partial charge in [0.15, 0.2) is 0 Å². The lowest BCUT2D eigenvalue weighted by Gasteiger charge is -2.41. The molecule has 1 saturated carbocycles. The quantitative estimate of drug-likeness (QED) is 0.571. The third kappa shape index (κ3) is 4.29. The van der Waals surface area contributed by atoms with Gasteiger partial charge in [-0.25, -0.2) is 0 Å². The van der Waals surface area contributed by atoms with Gasteiger partial charge < -0.3 is 4.74 Å². The lowest BCUT2D eigenvalue weighted by molar-refractivity contribution is -0.100. The van der Waals surface area contributed by atoms with E-state index < -0.39 is 0 Å². The van der Waals surface area contributed by atoms with Crippen LogP contribution in [0, 0.1) is 5.92 Å². The van der Waals surface area contributed by atoms with Crippen LogP contribution in [0.2, 0.25) is 0 Å². The highest BCUT2D eigenvalue weighted by atomic mass is 16.5. The van der Waals surface area contributed by atoms with Crippen LogP contribution in [-0.2, 0) is 4.74 Å². The van der Waals surface area contributed by atoms with Crippen LogP contribution in [-0.4, -0.2) is 18.9 Å². The van der Waals surface area contributed by atoms with Crippen molar-refractivity contribution in [2.45, 2.75) is 77.2 Å². The Labute approximate surface area is 130 Å². The molecule has 0 radical (unpaired) electrons. The molecule has 0 amide bonds. The SMILES string of the molecule is C=N/C(=C\C=C1CCC1)C1CCOC(CC)(CCCC)C1. The summed E-state index contributed by atoms with van der Waals surface area (Å²) in [5, 5.41) is 0. The van der Waals surface area contributed by atoms with Crippen LogP contribution in [0.4, 0.5) is 0 Å². The minimum atomic E-state index is 0.0757. The Balaban J connectivity index is 2.05. The maximum Gasteiger partial charge on any atom is 0.0686 e. The van der Waals surface area contributed by atoms with Gasteiger partial charge in [0, 0.05) is 18.2 Å². The Morgan fingerprint density at radius 2 is 2.24 bits per heavy atom. The van der Waals surface area contributed by atoms with E-state index in [4.69, 9.17) is 4.74 Å². The largest absolute Gasteiger partial charge is 0.375 e. The first-order chi connectivity index (χ1) is 10.2. The van der Waals surface area contributed by atoms with E-state index in [9.17, 15) is 0 Å². The fourth-order valence-electron chi connectivity index (χ4n) is 3.45. The zero-order valence-corrected chi connectivity index (χ0v) is 13.9. The number of rotatable bonds is 7. The molecule has 0 spiro atoms. The predicted molar refractivity (Wildman–Crippen MR) is 90.8 cm³/mol. The van der Waals surface area contributed by atoms with Gasteiger partial charge in [-0.15, -0.1) is 0 Å². The van der Waals surface area contributed by atoms with E-state index in [2.05, 4.69) is 37.7 Å². The second kappa shape index (κ2) is 7.93. The maximum absolute atomic E-state index is 6.19. The van der Waals surface area contributed by atoms with Crippen LogP contribution in [0.15, 0.2) is 28.4 Å². The van der Waals surface area contributed by atoms with Crippen molar-refractivity contribution < 1.29 is 4.74 Å². The van der Waals surface area contributed by atoms with Crippen molar-refractivity contribution in [1.82, 2.24) is 0 Å². The van der Waals surface area contributed by atoms with Crippen LogP contribution in [0.5, 0.6) is 0 Å². The molecule has 118 valence electrons. The molecule has 2 aliphatic rings. The van der Waals surface area contributed by atoms with Gasteiger partial charge in [-0.2, -0.15) is 0 Å². The first-order valence-corrected chi connectivity index (χ1v) is 8.73. The molecule has 2 fully saturated rings. The monoisotopic (exact) mass is 289 g/mol. The predicted octanol–water partition coefficient (Wildman–Crippen LogP) is 5.45. The van der Waals surface area contributed by atoms with Crippen molar-refractivity contribution in [3.63, 3.8) is 0 Å². The zero-order chi connectivity index (χ0) is 15.1. The Morgan fingerprint density at radius 3 is 2.81 bits per heavy atom. The Kier molecular flexibility index (Phi) is 6.22. The van der Waals surface area contributed by atoms with Crippen molar-refractivity contribution in [3.05, 3.63) is 23.4 Å². The molecular formula is C19H31NO. The van der Waals surface area contributed by atoms with Gasteiger partial charge in [-0.3, -0.25) is 4.99 Å². The lowest BCUT2D eigenvalue weighted by Crippen LogP contribution is -2.39. The van der Waals surface area contributed by atoms with Crippen molar-refractivity contribution in [2.24, 2.45) is 10.9 Å². The van der Waals surface area contributed by atoms with E-state index in [1.165, 1.54) is 44.2 Å². The van der Waals surface area contributed by atoms with Gasteiger partial charge in [0.1, 0.15) is 0 Å². The minimum Gasteiger partial charge on any atom is -0.375 e. The summed E-state index contributed by atoms with van der Waals surface area (Å²) in [6.45, 7) is 9.19. The molecule has 21 heavy (non-hydrogen) atoms. The summed E-state index contributed by atoms with van der Waals surface area (Å²) in [7, 11) is 0. The number of hydrogen-bond donors (Lipinski definition) is 0. The molecule has 2 unspecified atom stereocenters. The number of ether oxygens (including phenoxy) is 1. The van der Waals surface area contributed by atoms with Gasteiger partial charge in [0.2, 0.25) is 0 Å². The smallest absolute Gasteiger partial charge is 0.0686 e. The third-order valence-electron chi connectivity index (χ3n) is 5.21. The van der Waals surface area contributed by atoms with Crippen molar-refractivity contribution in [2.75, 3.05) is 6.61 Å². The fraction of sp³-hybridized carbons (Fsp3) is 0.737. The molecule has 2 atom stereocenters. The summed E-state index contributed by atoms with van der Waals surface area (Å²) in [5.41, 5.74) is 2.81. The third-order valence-corrected chi connectivity index (χ3v) is 5.21. The Bertz CT molecular complexity index is 404. The number of hydrogen-bond acceptors (Lipinski definition) is 2. The molecule has 0 aromatic carbocycles. The summed E-state index contributed by atoms with van der Waals surface area (Å²) in [4.78, 5) is 4.33. The van der Waals surface area contributed by atoms with Gasteiger partial charge in [-0.05, 0) is 57.7 Å². The average molecular weight is 289 g/mol. The lowest BCUT2D eigenvalue weighted by atomic mass is 9.79. The Hall–Kier alpha value is -0.890. The van der Waals surface area contributed by atoms with Crippen molar-refractivity contribution in [3.8, 4) is 0 Å². The standard InChI is InChI=1S/C19H31NO/c1-4-6-13-19(5-2)15-17(12-14-21-19)18(20-3)11-10-16-8-7-9-16/h10-11,17H,3-9,12-15H2,1-2H3/b18-11-. The number of unbranched alkanes of at least 4 members (excludes halogenated alkanes) is 1. The van der Waals surface area contributed by atoms with Crippen LogP contribution >= 0.6 is 0 Å². The number of aliphatic imine (C=N–C) groups is 1. The second-order valence-corrected chi connectivity index (χ2v) is 6.61. The van der Waals surface area contributed by atoms with Gasteiger partial charge in [-0.1, -0.05) is 38.3 Å². The van der Waals surface area contributed by atoms with E-state index in [1.807, 2.05) is 0 Å². The van der Waals surface area contributed by atoms with E-state index in [0.29, 0.717) is 5.92 Å². The zero-order valence-electron chi connectivity index (χ0n) is 13.9. The molecule has 0 aromatic heterocycles. The second-order valence-electron chi connectivity index (χ2n) is 6.61. The summed E-state index contributed by atoms with van der Waals surface area (Å²) in [5.74, 6) is 0.519. The molecule has 2 nitrogen and oxygen atoms in total. The van der Waals surface area contributed by atoms with E-state index in [-0.39, 0.29) is 5.60 Å². The number of nitrogens with zero attached hydrogens (tertiary/aromatic N) is 1. The van der Waals surface area contributed by atoms with E-state index in [1.54, 1.807) is 5.57 Å². The topological polar surface area (TPSA) is 21.6 Å². The summed E-state index contributed by atoms with van der Waals surface area (Å²) >= 11 is 0. The first kappa shape index (κ1) is 16.5. The molecule has 1 aliphatic carbocycles. The summed E-state index contributed by atoms with van der Waals surface area (Å²) in [6, 6.07) is 0. The molecule has 1 heterocycles. The molecular weight excluding hydrogens is 258 g/mol. The molecule has 0 N–H and O–H groups in total. The minimum absolute atomic E-state index is 0.0757. The maximum atomic E-state index is 6.19. The molecule has 0 aromatic rings. The Morgan fingerprint density at radius 1 is 1.43 bits per heavy atom. The normalized spacial score (nSPS) is 29.9. The molecule has 1 aliphatic heterocycles.